The van der Waals surface area contributed by atoms with Gasteiger partial charge in [0, 0.05) is 23.6 Å². The molecular formula is C26H27Cl2N3O4S. The summed E-state index contributed by atoms with van der Waals surface area (Å²) in [4.78, 5) is 27.6. The van der Waals surface area contributed by atoms with Crippen molar-refractivity contribution in [3.05, 3.63) is 94.0 Å². The predicted octanol–water partition coefficient (Wildman–Crippen LogP) is 4.66. The first-order valence-electron chi connectivity index (χ1n) is 11.1. The minimum absolute atomic E-state index is 0.0198. The molecule has 3 rings (SSSR count). The van der Waals surface area contributed by atoms with Gasteiger partial charge in [0.05, 0.1) is 10.6 Å². The van der Waals surface area contributed by atoms with E-state index in [1.54, 1.807) is 74.5 Å². The van der Waals surface area contributed by atoms with Crippen LogP contribution in [-0.2, 0) is 26.2 Å². The first-order valence-corrected chi connectivity index (χ1v) is 13.3. The smallest absolute Gasteiger partial charge is 0.264 e. The van der Waals surface area contributed by atoms with Crippen LogP contribution >= 0.6 is 23.2 Å². The van der Waals surface area contributed by atoms with Crippen LogP contribution in [0, 0.1) is 6.92 Å². The van der Waals surface area contributed by atoms with E-state index in [4.69, 9.17) is 23.2 Å². The van der Waals surface area contributed by atoms with Crippen molar-refractivity contribution in [3.8, 4) is 0 Å². The SMILES string of the molecule is CNC(=O)C(C)N(Cc1ccccc1Cl)C(=O)CN(c1ccc(Cl)cc1C)S(=O)(=O)c1ccccc1. The van der Waals surface area contributed by atoms with E-state index in [0.717, 1.165) is 4.31 Å². The van der Waals surface area contributed by atoms with Gasteiger partial charge in [0.1, 0.15) is 12.6 Å². The zero-order chi connectivity index (χ0) is 26.5. The van der Waals surface area contributed by atoms with Gasteiger partial charge in [0.15, 0.2) is 0 Å². The highest BCUT2D eigenvalue weighted by Crippen LogP contribution is 2.29. The number of carbonyl (C=O) groups is 2. The first kappa shape index (κ1) is 27.5. The number of hydrogen-bond donors (Lipinski definition) is 1. The van der Waals surface area contributed by atoms with Crippen LogP contribution in [0.15, 0.2) is 77.7 Å². The quantitative estimate of drug-likeness (QED) is 0.422. The van der Waals surface area contributed by atoms with Gasteiger partial charge in [0.25, 0.3) is 10.0 Å². The monoisotopic (exact) mass is 547 g/mol. The van der Waals surface area contributed by atoms with Crippen molar-refractivity contribution in [3.63, 3.8) is 0 Å². The lowest BCUT2D eigenvalue weighted by molar-refractivity contribution is -0.139. The molecule has 0 aliphatic heterocycles. The van der Waals surface area contributed by atoms with Gasteiger partial charge >= 0.3 is 0 Å². The Morgan fingerprint density at radius 1 is 0.972 bits per heavy atom. The number of benzene rings is 3. The molecule has 7 nitrogen and oxygen atoms in total. The first-order chi connectivity index (χ1) is 17.1. The van der Waals surface area contributed by atoms with Gasteiger partial charge in [-0.1, -0.05) is 59.6 Å². The average molecular weight is 548 g/mol. The van der Waals surface area contributed by atoms with Gasteiger partial charge in [-0.3, -0.25) is 13.9 Å². The number of nitrogens with zero attached hydrogens (tertiary/aromatic N) is 2. The Hall–Kier alpha value is -3.07. The molecule has 10 heteroatoms. The zero-order valence-corrected chi connectivity index (χ0v) is 22.4. The minimum Gasteiger partial charge on any atom is -0.357 e. The molecule has 0 heterocycles. The van der Waals surface area contributed by atoms with Crippen molar-refractivity contribution in [2.45, 2.75) is 31.3 Å². The Kier molecular flexibility index (Phi) is 9.00. The largest absolute Gasteiger partial charge is 0.357 e. The molecule has 0 aliphatic rings. The third kappa shape index (κ3) is 6.19. The maximum absolute atomic E-state index is 13.7. The van der Waals surface area contributed by atoms with Crippen molar-refractivity contribution in [2.75, 3.05) is 17.9 Å². The van der Waals surface area contributed by atoms with E-state index in [2.05, 4.69) is 5.32 Å². The Morgan fingerprint density at radius 3 is 2.22 bits per heavy atom. The molecule has 0 saturated carbocycles. The second-order valence-electron chi connectivity index (χ2n) is 8.16. The molecule has 3 aromatic rings. The molecule has 0 fully saturated rings. The fourth-order valence-corrected chi connectivity index (χ4v) is 5.66. The summed E-state index contributed by atoms with van der Waals surface area (Å²) in [5, 5.41) is 3.41. The highest BCUT2D eigenvalue weighted by Gasteiger charge is 2.33. The zero-order valence-electron chi connectivity index (χ0n) is 20.1. The number of hydrogen-bond acceptors (Lipinski definition) is 4. The number of rotatable bonds is 9. The lowest BCUT2D eigenvalue weighted by Crippen LogP contribution is -2.50. The van der Waals surface area contributed by atoms with E-state index in [9.17, 15) is 18.0 Å². The van der Waals surface area contributed by atoms with E-state index in [-0.39, 0.29) is 11.4 Å². The topological polar surface area (TPSA) is 86.8 Å². The number of anilines is 1. The molecule has 0 bridgehead atoms. The molecule has 0 spiro atoms. The number of nitrogens with one attached hydrogen (secondary N) is 1. The van der Waals surface area contributed by atoms with Crippen LogP contribution in [0.25, 0.3) is 0 Å². The summed E-state index contributed by atoms with van der Waals surface area (Å²) >= 11 is 12.4. The minimum atomic E-state index is -4.13. The van der Waals surface area contributed by atoms with Crippen LogP contribution < -0.4 is 9.62 Å². The van der Waals surface area contributed by atoms with Crippen molar-refractivity contribution >= 4 is 50.7 Å². The lowest BCUT2D eigenvalue weighted by Gasteiger charge is -2.32. The van der Waals surface area contributed by atoms with Crippen molar-refractivity contribution < 1.29 is 18.0 Å². The van der Waals surface area contributed by atoms with Crippen LogP contribution in [0.2, 0.25) is 10.0 Å². The number of aryl methyl sites for hydroxylation is 1. The van der Waals surface area contributed by atoms with E-state index < -0.39 is 34.4 Å². The summed E-state index contributed by atoms with van der Waals surface area (Å²) in [7, 11) is -2.66. The van der Waals surface area contributed by atoms with Gasteiger partial charge in [-0.2, -0.15) is 0 Å². The number of likely N-dealkylation sites (N-methyl/N-ethyl adjacent to an activating group) is 1. The van der Waals surface area contributed by atoms with Crippen LogP contribution in [-0.4, -0.2) is 44.8 Å². The molecular weight excluding hydrogens is 521 g/mol. The van der Waals surface area contributed by atoms with Gasteiger partial charge in [-0.25, -0.2) is 8.42 Å². The molecule has 0 saturated heterocycles. The Balaban J connectivity index is 2.07. The fourth-order valence-electron chi connectivity index (χ4n) is 3.73. The molecule has 0 aliphatic carbocycles. The van der Waals surface area contributed by atoms with Crippen molar-refractivity contribution in [1.82, 2.24) is 10.2 Å². The van der Waals surface area contributed by atoms with Crippen LogP contribution in [0.3, 0.4) is 0 Å². The van der Waals surface area contributed by atoms with E-state index >= 15 is 0 Å². The predicted molar refractivity (Wildman–Crippen MR) is 143 cm³/mol. The lowest BCUT2D eigenvalue weighted by atomic mass is 10.1. The second kappa shape index (κ2) is 11.8. The molecule has 1 unspecified atom stereocenters. The van der Waals surface area contributed by atoms with E-state index in [1.807, 2.05) is 0 Å². The average Bonchev–Trinajstić information content (AvgIpc) is 2.86. The number of amides is 2. The summed E-state index contributed by atoms with van der Waals surface area (Å²) in [5.41, 5.74) is 1.51. The number of sulfonamides is 1. The standard InChI is InChI=1S/C26H27Cl2N3O4S/c1-18-15-21(27)13-14-24(18)31(36(34,35)22-10-5-4-6-11-22)17-25(32)30(19(2)26(33)29-3)16-20-9-7-8-12-23(20)28/h4-15,19H,16-17H2,1-3H3,(H,29,33). The summed E-state index contributed by atoms with van der Waals surface area (Å²) in [6.07, 6.45) is 0. The second-order valence-corrected chi connectivity index (χ2v) is 10.9. The molecule has 0 aromatic heterocycles. The molecule has 3 aromatic carbocycles. The van der Waals surface area contributed by atoms with Gasteiger partial charge in [-0.15, -0.1) is 0 Å². The highest BCUT2D eigenvalue weighted by molar-refractivity contribution is 7.92. The normalized spacial score (nSPS) is 12.0. The number of halogens is 2. The molecule has 0 radical (unpaired) electrons. The summed E-state index contributed by atoms with van der Waals surface area (Å²) in [6, 6.07) is 18.7. The Morgan fingerprint density at radius 2 is 1.61 bits per heavy atom. The van der Waals surface area contributed by atoms with Crippen LogP contribution in [0.1, 0.15) is 18.1 Å². The third-order valence-corrected chi connectivity index (χ3v) is 8.13. The summed E-state index contributed by atoms with van der Waals surface area (Å²) in [5.74, 6) is -0.963. The van der Waals surface area contributed by atoms with E-state index in [1.165, 1.54) is 24.1 Å². The van der Waals surface area contributed by atoms with Crippen molar-refractivity contribution in [1.29, 1.82) is 0 Å². The van der Waals surface area contributed by atoms with Gasteiger partial charge in [0.2, 0.25) is 11.8 Å². The Labute approximate surface area is 221 Å². The Bertz CT molecular complexity index is 1350. The summed E-state index contributed by atoms with van der Waals surface area (Å²) in [6.45, 7) is 2.78. The molecule has 1 N–H and O–H groups in total. The molecule has 190 valence electrons. The fraction of sp³-hybridized carbons (Fsp3) is 0.231. The maximum atomic E-state index is 13.7. The maximum Gasteiger partial charge on any atom is 0.264 e. The van der Waals surface area contributed by atoms with Crippen LogP contribution in [0.5, 0.6) is 0 Å². The van der Waals surface area contributed by atoms with Crippen LogP contribution in [0.4, 0.5) is 5.69 Å². The van der Waals surface area contributed by atoms with Crippen molar-refractivity contribution in [2.24, 2.45) is 0 Å². The van der Waals surface area contributed by atoms with E-state index in [0.29, 0.717) is 26.9 Å². The van der Waals surface area contributed by atoms with Gasteiger partial charge in [-0.05, 0) is 61.4 Å². The highest BCUT2D eigenvalue weighted by atomic mass is 35.5. The third-order valence-electron chi connectivity index (χ3n) is 5.75. The number of carbonyl (C=O) groups excluding carboxylic acids is 2. The molecule has 1 atom stereocenters. The molecule has 2 amide bonds. The summed E-state index contributed by atoms with van der Waals surface area (Å²) < 4.78 is 28.5. The van der Waals surface area contributed by atoms with Gasteiger partial charge < -0.3 is 10.2 Å². The molecule has 36 heavy (non-hydrogen) atoms.